The number of fused-ring (bicyclic) bond motifs is 1. The molecule has 3 heterocycles. The Balaban J connectivity index is 1.67. The Morgan fingerprint density at radius 3 is 2.67 bits per heavy atom. The van der Waals surface area contributed by atoms with Gasteiger partial charge in [0.05, 0.1) is 17.3 Å². The van der Waals surface area contributed by atoms with Crippen LogP contribution in [0.2, 0.25) is 10.0 Å². The molecule has 39 heavy (non-hydrogen) atoms. The summed E-state index contributed by atoms with van der Waals surface area (Å²) in [5.41, 5.74) is 0.641. The second kappa shape index (κ2) is 10.7. The van der Waals surface area contributed by atoms with Crippen LogP contribution in [0.1, 0.15) is 32.5 Å². The fourth-order valence-corrected chi connectivity index (χ4v) is 5.77. The number of hydrogen-bond acceptors (Lipinski definition) is 9. The number of carbonyl (C=O) groups is 3. The average Bonchev–Trinajstić information content (AvgIpc) is 3.43. The van der Waals surface area contributed by atoms with Crippen LogP contribution in [0, 0.1) is 6.92 Å². The predicted octanol–water partition coefficient (Wildman–Crippen LogP) is 5.50. The van der Waals surface area contributed by atoms with E-state index >= 15 is 0 Å². The number of benzene rings is 2. The second-order valence-electron chi connectivity index (χ2n) is 8.49. The van der Waals surface area contributed by atoms with E-state index in [4.69, 9.17) is 37.4 Å². The Morgan fingerprint density at radius 1 is 1.21 bits per heavy atom. The third kappa shape index (κ3) is 4.87. The largest absolute Gasteiger partial charge is 0.507 e. The Kier molecular flexibility index (Phi) is 7.35. The molecule has 2 aliphatic heterocycles. The lowest BCUT2D eigenvalue weighted by molar-refractivity contribution is -0.132. The van der Waals surface area contributed by atoms with Crippen molar-refractivity contribution >= 4 is 63.1 Å². The van der Waals surface area contributed by atoms with Crippen molar-refractivity contribution in [2.75, 3.05) is 24.7 Å². The molecule has 1 N–H and O–H groups in total. The maximum atomic E-state index is 13.5. The molecule has 12 heteroatoms. The van der Waals surface area contributed by atoms with Crippen molar-refractivity contribution in [2.45, 2.75) is 13.0 Å². The molecule has 1 amide bonds. The minimum Gasteiger partial charge on any atom is -0.507 e. The van der Waals surface area contributed by atoms with Crippen LogP contribution in [-0.4, -0.2) is 47.6 Å². The fourth-order valence-electron chi connectivity index (χ4n) is 4.27. The highest BCUT2D eigenvalue weighted by Gasteiger charge is 2.49. The summed E-state index contributed by atoms with van der Waals surface area (Å²) in [6.07, 6.45) is 1.42. The van der Waals surface area contributed by atoms with Gasteiger partial charge in [-0.3, -0.25) is 14.5 Å². The zero-order chi connectivity index (χ0) is 27.8. The van der Waals surface area contributed by atoms with Gasteiger partial charge in [-0.05, 0) is 42.8 Å². The summed E-state index contributed by atoms with van der Waals surface area (Å²) in [7, 11) is 0. The van der Waals surface area contributed by atoms with E-state index in [0.29, 0.717) is 41.0 Å². The molecule has 0 spiro atoms. The third-order valence-corrected chi connectivity index (χ3v) is 7.73. The molecule has 0 radical (unpaired) electrons. The number of aromatic nitrogens is 1. The van der Waals surface area contributed by atoms with Crippen molar-refractivity contribution in [3.05, 3.63) is 86.4 Å². The molecule has 1 atom stereocenters. The number of aliphatic hydroxyl groups is 1. The fraction of sp³-hybridized carbons (Fsp3) is 0.185. The van der Waals surface area contributed by atoms with Gasteiger partial charge in [-0.25, -0.2) is 9.78 Å². The van der Waals surface area contributed by atoms with Crippen LogP contribution in [0.5, 0.6) is 11.5 Å². The number of aliphatic hydroxyl groups excluding tert-OH is 1. The Bertz CT molecular complexity index is 1570. The number of halogens is 2. The van der Waals surface area contributed by atoms with E-state index in [-0.39, 0.29) is 32.8 Å². The number of anilines is 1. The number of aryl methyl sites for hydroxylation is 1. The smallest absolute Gasteiger partial charge is 0.350 e. The summed E-state index contributed by atoms with van der Waals surface area (Å²) in [5, 5.41) is 12.0. The number of amides is 1. The quantitative estimate of drug-likeness (QED) is 0.132. The van der Waals surface area contributed by atoms with E-state index in [0.717, 1.165) is 16.2 Å². The molecule has 0 saturated carbocycles. The minimum atomic E-state index is -1.18. The maximum Gasteiger partial charge on any atom is 0.350 e. The lowest BCUT2D eigenvalue weighted by Crippen LogP contribution is -2.29. The molecule has 5 rings (SSSR count). The molecule has 1 aromatic heterocycles. The number of hydrogen-bond donors (Lipinski definition) is 1. The number of thiazole rings is 1. The molecule has 2 aromatic carbocycles. The van der Waals surface area contributed by atoms with Crippen molar-refractivity contribution < 1.29 is 33.7 Å². The van der Waals surface area contributed by atoms with Crippen LogP contribution < -0.4 is 14.4 Å². The number of Topliss-reactive ketones (excluding diaryl/α,β-unsaturated/α-hetero) is 1. The van der Waals surface area contributed by atoms with Crippen LogP contribution >= 0.6 is 34.5 Å². The van der Waals surface area contributed by atoms with Crippen molar-refractivity contribution in [1.29, 1.82) is 0 Å². The first-order valence-electron chi connectivity index (χ1n) is 11.6. The van der Waals surface area contributed by atoms with Crippen molar-refractivity contribution in [3.8, 4) is 11.5 Å². The first-order valence-corrected chi connectivity index (χ1v) is 13.2. The number of ether oxygens (including phenoxy) is 3. The average molecular weight is 587 g/mol. The molecule has 0 bridgehead atoms. The van der Waals surface area contributed by atoms with Gasteiger partial charge in [-0.15, -0.1) is 0 Å². The van der Waals surface area contributed by atoms with Gasteiger partial charge < -0.3 is 19.3 Å². The highest BCUT2D eigenvalue weighted by atomic mass is 35.5. The molecule has 1 unspecified atom stereocenters. The summed E-state index contributed by atoms with van der Waals surface area (Å²) >= 11 is 13.5. The number of esters is 1. The summed E-state index contributed by atoms with van der Waals surface area (Å²) < 4.78 is 16.3. The van der Waals surface area contributed by atoms with Crippen molar-refractivity contribution in [2.24, 2.45) is 0 Å². The zero-order valence-electron chi connectivity index (χ0n) is 20.4. The molecule has 3 aromatic rings. The molecule has 1 fully saturated rings. The predicted molar refractivity (Wildman–Crippen MR) is 146 cm³/mol. The van der Waals surface area contributed by atoms with E-state index in [1.807, 2.05) is 0 Å². The van der Waals surface area contributed by atoms with Crippen LogP contribution in [0.15, 0.2) is 54.6 Å². The van der Waals surface area contributed by atoms with Crippen LogP contribution in [0.3, 0.4) is 0 Å². The summed E-state index contributed by atoms with van der Waals surface area (Å²) in [4.78, 5) is 45.1. The van der Waals surface area contributed by atoms with Gasteiger partial charge in [0.2, 0.25) is 0 Å². The molecule has 9 nitrogen and oxygen atoms in total. The molecular formula is C27H20Cl2N2O7S. The summed E-state index contributed by atoms with van der Waals surface area (Å²) in [6, 6.07) is 8.09. The molecule has 1 saturated heterocycles. The summed E-state index contributed by atoms with van der Waals surface area (Å²) in [6.45, 7) is 5.80. The normalized spacial score (nSPS) is 17.8. The van der Waals surface area contributed by atoms with Crippen LogP contribution in [0.4, 0.5) is 5.13 Å². The standard InChI is InChI=1S/C27H20Cl2N2O7S/c1-3-8-38-26(35)24-13(2)30-27(39-24)31-21(16-6-5-15(28)12-17(16)29)20(23(33)25(31)34)22(32)14-4-7-18-19(11-14)37-10-9-36-18/h3-7,11-12,21,32H,1,8-10H2,2H3. The van der Waals surface area contributed by atoms with Gasteiger partial charge in [0.1, 0.15) is 30.5 Å². The SMILES string of the molecule is C=CCOC(=O)c1sc(N2C(=O)C(=O)C(=C(O)c3ccc4c(c3)OCCO4)C2c2ccc(Cl)cc2Cl)nc1C. The Hall–Kier alpha value is -3.86. The Labute approximate surface area is 236 Å². The lowest BCUT2D eigenvalue weighted by Gasteiger charge is -2.24. The molecule has 0 aliphatic carbocycles. The van der Waals surface area contributed by atoms with Crippen LogP contribution in [0.25, 0.3) is 5.76 Å². The summed E-state index contributed by atoms with van der Waals surface area (Å²) in [5.74, 6) is -2.12. The van der Waals surface area contributed by atoms with Crippen molar-refractivity contribution in [1.82, 2.24) is 4.98 Å². The molecular weight excluding hydrogens is 567 g/mol. The third-order valence-electron chi connectivity index (χ3n) is 6.03. The lowest BCUT2D eigenvalue weighted by atomic mass is 9.95. The first kappa shape index (κ1) is 26.7. The second-order valence-corrected chi connectivity index (χ2v) is 10.3. The molecule has 200 valence electrons. The van der Waals surface area contributed by atoms with E-state index in [2.05, 4.69) is 11.6 Å². The van der Waals surface area contributed by atoms with E-state index in [9.17, 15) is 19.5 Å². The van der Waals surface area contributed by atoms with Gasteiger partial charge in [0.25, 0.3) is 5.78 Å². The van der Waals surface area contributed by atoms with Crippen LogP contribution in [-0.2, 0) is 14.3 Å². The van der Waals surface area contributed by atoms with E-state index in [1.54, 1.807) is 31.2 Å². The zero-order valence-corrected chi connectivity index (χ0v) is 22.7. The highest BCUT2D eigenvalue weighted by Crippen LogP contribution is 2.46. The number of carbonyl (C=O) groups excluding carboxylic acids is 3. The minimum absolute atomic E-state index is 0.00800. The van der Waals surface area contributed by atoms with Gasteiger partial charge in [-0.2, -0.15) is 0 Å². The highest BCUT2D eigenvalue weighted by molar-refractivity contribution is 7.17. The van der Waals surface area contributed by atoms with Crippen molar-refractivity contribution in [3.63, 3.8) is 0 Å². The number of rotatable bonds is 6. The van der Waals surface area contributed by atoms with E-state index < -0.39 is 29.5 Å². The van der Waals surface area contributed by atoms with E-state index in [1.165, 1.54) is 18.2 Å². The van der Waals surface area contributed by atoms with Gasteiger partial charge in [0, 0.05) is 15.6 Å². The van der Waals surface area contributed by atoms with Gasteiger partial charge in [-0.1, -0.05) is 53.3 Å². The monoisotopic (exact) mass is 586 g/mol. The molecule has 2 aliphatic rings. The number of ketones is 1. The number of nitrogens with zero attached hydrogens (tertiary/aromatic N) is 2. The van der Waals surface area contributed by atoms with Gasteiger partial charge >= 0.3 is 11.9 Å². The Morgan fingerprint density at radius 2 is 1.95 bits per heavy atom. The topological polar surface area (TPSA) is 115 Å². The first-order chi connectivity index (χ1) is 18.7. The van der Waals surface area contributed by atoms with Gasteiger partial charge in [0.15, 0.2) is 16.6 Å². The maximum absolute atomic E-state index is 13.5.